The Morgan fingerprint density at radius 1 is 1.27 bits per heavy atom. The van der Waals surface area contributed by atoms with E-state index in [1.165, 1.54) is 0 Å². The van der Waals surface area contributed by atoms with Crippen molar-refractivity contribution in [1.29, 1.82) is 0 Å². The van der Waals surface area contributed by atoms with Crippen LogP contribution in [0.1, 0.15) is 26.5 Å². The predicted octanol–water partition coefficient (Wildman–Crippen LogP) is 4.32. The van der Waals surface area contributed by atoms with Crippen LogP contribution in [-0.4, -0.2) is 21.1 Å². The first-order valence-corrected chi connectivity index (χ1v) is 8.83. The number of hydrogen-bond acceptors (Lipinski definition) is 7. The first-order valence-electron chi connectivity index (χ1n) is 8.01. The summed E-state index contributed by atoms with van der Waals surface area (Å²) in [6, 6.07) is 9.38. The van der Waals surface area contributed by atoms with Gasteiger partial charge in [-0.05, 0) is 38.1 Å². The second-order valence-electron chi connectivity index (χ2n) is 5.85. The topological polar surface area (TPSA) is 78.1 Å². The molecule has 0 atom stereocenters. The van der Waals surface area contributed by atoms with Gasteiger partial charge in [-0.25, -0.2) is 9.78 Å². The number of ether oxygens (including phenoxy) is 1. The summed E-state index contributed by atoms with van der Waals surface area (Å²) in [6.07, 6.45) is 3.34. The Kier molecular flexibility index (Phi) is 4.22. The predicted molar refractivity (Wildman–Crippen MR) is 97.9 cm³/mol. The van der Waals surface area contributed by atoms with Gasteiger partial charge in [-0.15, -0.1) is 11.3 Å². The number of aromatic nitrogens is 3. The number of esters is 1. The first kappa shape index (κ1) is 16.4. The van der Waals surface area contributed by atoms with Crippen molar-refractivity contribution in [2.75, 3.05) is 0 Å². The number of pyridine rings is 2. The average molecular weight is 365 g/mol. The van der Waals surface area contributed by atoms with E-state index in [0.717, 1.165) is 15.3 Å². The highest BCUT2D eigenvalue weighted by Crippen LogP contribution is 2.31. The average Bonchev–Trinajstić information content (AvgIpc) is 3.26. The van der Waals surface area contributed by atoms with Crippen LogP contribution in [0.3, 0.4) is 0 Å². The quantitative estimate of drug-likeness (QED) is 0.501. The molecule has 0 bridgehead atoms. The molecule has 26 heavy (non-hydrogen) atoms. The Hall–Kier alpha value is -3.06. The molecule has 4 heterocycles. The standard InChI is InChI=1S/C19H15N3O3S/c1-11-5-6-16(26-11)15-8-14(17-12(2)22-25-18(17)21-15)19(23)24-10-13-4-3-7-20-9-13/h3-9H,10H2,1-2H3. The fourth-order valence-corrected chi connectivity index (χ4v) is 3.49. The minimum Gasteiger partial charge on any atom is -0.457 e. The Balaban J connectivity index is 1.72. The van der Waals surface area contributed by atoms with Gasteiger partial charge in [0.2, 0.25) is 0 Å². The van der Waals surface area contributed by atoms with Crippen LogP contribution in [0.2, 0.25) is 0 Å². The highest BCUT2D eigenvalue weighted by molar-refractivity contribution is 7.15. The lowest BCUT2D eigenvalue weighted by Gasteiger charge is -2.07. The lowest BCUT2D eigenvalue weighted by molar-refractivity contribution is 0.0474. The number of thiophene rings is 1. The zero-order valence-electron chi connectivity index (χ0n) is 14.2. The molecule has 130 valence electrons. The molecule has 0 saturated carbocycles. The molecule has 4 aromatic heterocycles. The van der Waals surface area contributed by atoms with Crippen molar-refractivity contribution in [1.82, 2.24) is 15.1 Å². The molecular formula is C19H15N3O3S. The van der Waals surface area contributed by atoms with Crippen molar-refractivity contribution >= 4 is 28.4 Å². The van der Waals surface area contributed by atoms with Gasteiger partial charge in [0.1, 0.15) is 6.61 Å². The molecule has 0 radical (unpaired) electrons. The molecule has 0 aromatic carbocycles. The molecule has 4 rings (SSSR count). The van der Waals surface area contributed by atoms with Crippen LogP contribution >= 0.6 is 11.3 Å². The van der Waals surface area contributed by atoms with Crippen molar-refractivity contribution < 1.29 is 14.1 Å². The maximum Gasteiger partial charge on any atom is 0.339 e. The minimum absolute atomic E-state index is 0.147. The van der Waals surface area contributed by atoms with Crippen LogP contribution in [0.4, 0.5) is 0 Å². The number of carbonyl (C=O) groups is 1. The molecule has 0 aliphatic rings. The van der Waals surface area contributed by atoms with Gasteiger partial charge < -0.3 is 9.26 Å². The van der Waals surface area contributed by atoms with Gasteiger partial charge in [0.05, 0.1) is 27.2 Å². The molecule has 0 fully saturated rings. The van der Waals surface area contributed by atoms with E-state index in [1.54, 1.807) is 42.8 Å². The third-order valence-electron chi connectivity index (χ3n) is 3.92. The van der Waals surface area contributed by atoms with Gasteiger partial charge >= 0.3 is 5.97 Å². The third-order valence-corrected chi connectivity index (χ3v) is 4.95. The molecule has 0 saturated heterocycles. The maximum absolute atomic E-state index is 12.7. The molecule has 0 N–H and O–H groups in total. The van der Waals surface area contributed by atoms with Crippen LogP contribution in [-0.2, 0) is 11.3 Å². The number of carbonyl (C=O) groups excluding carboxylic acids is 1. The van der Waals surface area contributed by atoms with Gasteiger partial charge in [0, 0.05) is 22.8 Å². The van der Waals surface area contributed by atoms with Crippen molar-refractivity contribution in [3.63, 3.8) is 0 Å². The van der Waals surface area contributed by atoms with Gasteiger partial charge in [-0.3, -0.25) is 4.98 Å². The SMILES string of the molecule is Cc1ccc(-c2cc(C(=O)OCc3cccnc3)c3c(C)noc3n2)s1. The van der Waals surface area contributed by atoms with E-state index < -0.39 is 5.97 Å². The minimum atomic E-state index is -0.443. The van der Waals surface area contributed by atoms with E-state index >= 15 is 0 Å². The van der Waals surface area contributed by atoms with E-state index in [9.17, 15) is 4.79 Å². The molecule has 0 unspecified atom stereocenters. The van der Waals surface area contributed by atoms with Crippen LogP contribution in [0.5, 0.6) is 0 Å². The molecule has 7 heteroatoms. The molecule has 6 nitrogen and oxygen atoms in total. The zero-order valence-corrected chi connectivity index (χ0v) is 15.0. The second-order valence-corrected chi connectivity index (χ2v) is 7.14. The van der Waals surface area contributed by atoms with Crippen molar-refractivity contribution in [2.45, 2.75) is 20.5 Å². The summed E-state index contributed by atoms with van der Waals surface area (Å²) in [4.78, 5) is 23.4. The lowest BCUT2D eigenvalue weighted by atomic mass is 10.1. The summed E-state index contributed by atoms with van der Waals surface area (Å²) in [5.74, 6) is -0.443. The van der Waals surface area contributed by atoms with Crippen molar-refractivity contribution in [3.05, 3.63) is 64.4 Å². The highest BCUT2D eigenvalue weighted by Gasteiger charge is 2.21. The van der Waals surface area contributed by atoms with Crippen molar-refractivity contribution in [3.8, 4) is 10.6 Å². The summed E-state index contributed by atoms with van der Waals surface area (Å²) in [5, 5.41) is 4.53. The van der Waals surface area contributed by atoms with E-state index in [0.29, 0.717) is 28.1 Å². The van der Waals surface area contributed by atoms with Gasteiger partial charge in [0.15, 0.2) is 0 Å². The third kappa shape index (κ3) is 3.09. The zero-order chi connectivity index (χ0) is 18.1. The van der Waals surface area contributed by atoms with Crippen LogP contribution in [0, 0.1) is 13.8 Å². The van der Waals surface area contributed by atoms with E-state index in [1.807, 2.05) is 25.1 Å². The normalized spacial score (nSPS) is 11.0. The second kappa shape index (κ2) is 6.68. The Labute approximate surface area is 153 Å². The van der Waals surface area contributed by atoms with Gasteiger partial charge in [0.25, 0.3) is 5.71 Å². The molecule has 0 spiro atoms. The Morgan fingerprint density at radius 3 is 2.88 bits per heavy atom. The Bertz CT molecular complexity index is 1090. The van der Waals surface area contributed by atoms with E-state index in [-0.39, 0.29) is 6.61 Å². The summed E-state index contributed by atoms with van der Waals surface area (Å²) in [7, 11) is 0. The van der Waals surface area contributed by atoms with Crippen LogP contribution < -0.4 is 0 Å². The van der Waals surface area contributed by atoms with E-state index in [4.69, 9.17) is 9.26 Å². The number of hydrogen-bond donors (Lipinski definition) is 0. The molecule has 0 amide bonds. The van der Waals surface area contributed by atoms with Gasteiger partial charge in [-0.1, -0.05) is 11.2 Å². The number of fused-ring (bicyclic) bond motifs is 1. The summed E-state index contributed by atoms with van der Waals surface area (Å²) < 4.78 is 10.8. The highest BCUT2D eigenvalue weighted by atomic mass is 32.1. The fourth-order valence-electron chi connectivity index (χ4n) is 2.66. The van der Waals surface area contributed by atoms with Crippen LogP contribution in [0.15, 0.2) is 47.2 Å². The van der Waals surface area contributed by atoms with Crippen LogP contribution in [0.25, 0.3) is 21.7 Å². The first-order chi connectivity index (χ1) is 12.6. The Morgan fingerprint density at radius 2 is 2.15 bits per heavy atom. The number of rotatable bonds is 4. The summed E-state index contributed by atoms with van der Waals surface area (Å²) in [5.41, 5.74) is 2.83. The fraction of sp³-hybridized carbons (Fsp3) is 0.158. The summed E-state index contributed by atoms with van der Waals surface area (Å²) >= 11 is 1.60. The molecule has 0 aliphatic heterocycles. The smallest absolute Gasteiger partial charge is 0.339 e. The van der Waals surface area contributed by atoms with Crippen molar-refractivity contribution in [2.24, 2.45) is 0 Å². The lowest BCUT2D eigenvalue weighted by Crippen LogP contribution is -2.07. The van der Waals surface area contributed by atoms with E-state index in [2.05, 4.69) is 15.1 Å². The number of nitrogens with zero attached hydrogens (tertiary/aromatic N) is 3. The number of aryl methyl sites for hydroxylation is 2. The summed E-state index contributed by atoms with van der Waals surface area (Å²) in [6.45, 7) is 3.95. The monoisotopic (exact) mass is 365 g/mol. The molecule has 0 aliphatic carbocycles. The molecular weight excluding hydrogens is 350 g/mol. The molecule has 4 aromatic rings. The largest absolute Gasteiger partial charge is 0.457 e. The maximum atomic E-state index is 12.7. The van der Waals surface area contributed by atoms with Gasteiger partial charge in [-0.2, -0.15) is 0 Å².